The highest BCUT2D eigenvalue weighted by Crippen LogP contribution is 2.31. The Morgan fingerprint density at radius 1 is 1.11 bits per heavy atom. The molecule has 1 fully saturated rings. The number of piperidine rings is 1. The summed E-state index contributed by atoms with van der Waals surface area (Å²) in [7, 11) is 3.20. The van der Waals surface area contributed by atoms with E-state index in [2.05, 4.69) is 51.5 Å². The van der Waals surface area contributed by atoms with Crippen molar-refractivity contribution in [2.45, 2.75) is 38.5 Å². The van der Waals surface area contributed by atoms with Gasteiger partial charge in [-0.1, -0.05) is 35.0 Å². The summed E-state index contributed by atoms with van der Waals surface area (Å²) in [6.07, 6.45) is 2.66. The second-order valence-electron chi connectivity index (χ2n) is 9.31. The average Bonchev–Trinajstić information content (AvgIpc) is 3.40. The zero-order chi connectivity index (χ0) is 26.0. The van der Waals surface area contributed by atoms with Gasteiger partial charge in [-0.05, 0) is 68.8 Å². The van der Waals surface area contributed by atoms with E-state index in [0.717, 1.165) is 56.0 Å². The molecule has 9 heteroatoms. The summed E-state index contributed by atoms with van der Waals surface area (Å²) in [4.78, 5) is 19.4. The van der Waals surface area contributed by atoms with Crippen LogP contribution in [0.3, 0.4) is 0 Å². The summed E-state index contributed by atoms with van der Waals surface area (Å²) in [6.45, 7) is 5.08. The van der Waals surface area contributed by atoms with Crippen LogP contribution >= 0.6 is 11.8 Å². The number of benzene rings is 2. The van der Waals surface area contributed by atoms with Crippen LogP contribution in [0.4, 0.5) is 0 Å². The van der Waals surface area contributed by atoms with Crippen molar-refractivity contribution >= 4 is 17.7 Å². The monoisotopic (exact) mass is 524 g/mol. The fraction of sp³-hybridized carbons (Fsp3) is 0.464. The molecule has 1 amide bonds. The van der Waals surface area contributed by atoms with Crippen molar-refractivity contribution in [1.29, 1.82) is 0 Å². The van der Waals surface area contributed by atoms with Crippen LogP contribution in [0.15, 0.2) is 47.0 Å². The first-order valence-corrected chi connectivity index (χ1v) is 13.9. The van der Waals surface area contributed by atoms with Crippen molar-refractivity contribution < 1.29 is 18.8 Å². The Labute approximate surface area is 223 Å². The zero-order valence-corrected chi connectivity index (χ0v) is 22.7. The van der Waals surface area contributed by atoms with Crippen molar-refractivity contribution in [2.75, 3.05) is 39.6 Å². The van der Waals surface area contributed by atoms with E-state index >= 15 is 0 Å². The molecule has 1 aliphatic rings. The summed E-state index contributed by atoms with van der Waals surface area (Å²) in [5.41, 5.74) is 3.44. The number of nitrogens with one attached hydrogen (secondary N) is 1. The molecule has 1 N–H and O–H groups in total. The van der Waals surface area contributed by atoms with E-state index in [1.165, 1.54) is 11.1 Å². The number of amides is 1. The third-order valence-electron chi connectivity index (χ3n) is 6.58. The Hall–Kier alpha value is -3.04. The Morgan fingerprint density at radius 3 is 2.59 bits per heavy atom. The maximum Gasteiger partial charge on any atom is 0.241 e. The first-order valence-electron chi connectivity index (χ1n) is 12.7. The third-order valence-corrected chi connectivity index (χ3v) is 7.70. The van der Waals surface area contributed by atoms with Gasteiger partial charge in [0.25, 0.3) is 0 Å². The molecule has 0 spiro atoms. The molecule has 2 heterocycles. The van der Waals surface area contributed by atoms with Gasteiger partial charge in [0.15, 0.2) is 11.5 Å². The molecule has 37 heavy (non-hydrogen) atoms. The van der Waals surface area contributed by atoms with Gasteiger partial charge in [0, 0.05) is 23.8 Å². The Balaban J connectivity index is 1.14. The largest absolute Gasteiger partial charge is 0.493 e. The quantitative estimate of drug-likeness (QED) is 0.341. The zero-order valence-electron chi connectivity index (χ0n) is 21.9. The number of nitrogens with zero attached hydrogens (tertiary/aromatic N) is 3. The molecule has 1 aromatic heterocycles. The lowest BCUT2D eigenvalue weighted by Gasteiger charge is -2.30. The van der Waals surface area contributed by atoms with Gasteiger partial charge in [0.1, 0.15) is 0 Å². The lowest BCUT2D eigenvalue weighted by Crippen LogP contribution is -2.40. The summed E-state index contributed by atoms with van der Waals surface area (Å²) >= 11 is 1.91. The number of ether oxygens (including phenoxy) is 2. The first-order chi connectivity index (χ1) is 18.1. The molecular weight excluding hydrogens is 488 g/mol. The Morgan fingerprint density at radius 2 is 1.86 bits per heavy atom. The minimum atomic E-state index is 0.0708. The van der Waals surface area contributed by atoms with Gasteiger partial charge in [-0.15, -0.1) is 0 Å². The first kappa shape index (κ1) is 27.0. The number of likely N-dealkylation sites (tertiary alicyclic amines) is 1. The van der Waals surface area contributed by atoms with Gasteiger partial charge < -0.3 is 19.3 Å². The fourth-order valence-corrected chi connectivity index (χ4v) is 5.28. The van der Waals surface area contributed by atoms with E-state index in [4.69, 9.17) is 14.0 Å². The third kappa shape index (κ3) is 7.72. The lowest BCUT2D eigenvalue weighted by molar-refractivity contribution is -0.126. The molecule has 8 nitrogen and oxygen atoms in total. The molecule has 4 rings (SSSR count). The molecule has 0 saturated carbocycles. The van der Waals surface area contributed by atoms with Crippen molar-refractivity contribution in [1.82, 2.24) is 20.4 Å². The van der Waals surface area contributed by atoms with E-state index in [1.807, 2.05) is 30.0 Å². The van der Waals surface area contributed by atoms with E-state index in [-0.39, 0.29) is 11.8 Å². The van der Waals surface area contributed by atoms with E-state index in [9.17, 15) is 4.79 Å². The number of aromatic nitrogens is 2. The molecule has 0 unspecified atom stereocenters. The smallest absolute Gasteiger partial charge is 0.241 e. The van der Waals surface area contributed by atoms with Gasteiger partial charge >= 0.3 is 0 Å². The van der Waals surface area contributed by atoms with Crippen LogP contribution in [0.2, 0.25) is 0 Å². The van der Waals surface area contributed by atoms with Crippen LogP contribution in [0, 0.1) is 12.8 Å². The molecule has 0 atom stereocenters. The number of hydrogen-bond donors (Lipinski definition) is 1. The summed E-state index contributed by atoms with van der Waals surface area (Å²) in [5.74, 6) is 4.66. The maximum absolute atomic E-state index is 12.6. The topological polar surface area (TPSA) is 89.7 Å². The minimum absolute atomic E-state index is 0.0708. The molecule has 2 aromatic carbocycles. The van der Waals surface area contributed by atoms with Gasteiger partial charge in [0.05, 0.1) is 20.8 Å². The number of carbonyl (C=O) groups excluding carboxylic acids is 1. The highest BCUT2D eigenvalue weighted by Gasteiger charge is 2.26. The number of methoxy groups -OCH3 is 2. The number of hydrogen-bond acceptors (Lipinski definition) is 8. The normalized spacial score (nSPS) is 14.5. The number of thioether (sulfide) groups is 1. The molecule has 0 aliphatic carbocycles. The van der Waals surface area contributed by atoms with Crippen LogP contribution in [0.5, 0.6) is 11.5 Å². The molecule has 1 saturated heterocycles. The van der Waals surface area contributed by atoms with Gasteiger partial charge in [-0.3, -0.25) is 9.69 Å². The summed E-state index contributed by atoms with van der Waals surface area (Å²) < 4.78 is 16.1. The molecule has 1 aliphatic heterocycles. The predicted molar refractivity (Wildman–Crippen MR) is 146 cm³/mol. The average molecular weight is 525 g/mol. The standard InChI is InChI=1S/C28H36N4O4S/c1-20-5-7-21(8-6-20)19-37-16-4-13-29-28(33)22-11-14-32(15-12-22)18-26-30-27(31-36-26)23-9-10-24(34-2)25(17-23)35-3/h5-10,17,22H,4,11-16,18-19H2,1-3H3,(H,29,33). The van der Waals surface area contributed by atoms with Crippen LogP contribution in [-0.4, -0.2) is 60.6 Å². The molecular formula is C28H36N4O4S. The van der Waals surface area contributed by atoms with Gasteiger partial charge in [0.2, 0.25) is 17.6 Å². The van der Waals surface area contributed by atoms with Crippen LogP contribution in [-0.2, 0) is 17.1 Å². The van der Waals surface area contributed by atoms with Crippen molar-refractivity contribution in [2.24, 2.45) is 5.92 Å². The van der Waals surface area contributed by atoms with Crippen LogP contribution < -0.4 is 14.8 Å². The SMILES string of the molecule is COc1ccc(-c2noc(CN3CCC(C(=O)NCCCSCc4ccc(C)cc4)CC3)n2)cc1OC. The molecule has 0 radical (unpaired) electrons. The highest BCUT2D eigenvalue weighted by molar-refractivity contribution is 7.98. The molecule has 3 aromatic rings. The van der Waals surface area contributed by atoms with E-state index in [0.29, 0.717) is 29.8 Å². The van der Waals surface area contributed by atoms with E-state index < -0.39 is 0 Å². The number of carbonyl (C=O) groups is 1. The highest BCUT2D eigenvalue weighted by atomic mass is 32.2. The minimum Gasteiger partial charge on any atom is -0.493 e. The van der Waals surface area contributed by atoms with Crippen molar-refractivity contribution in [3.8, 4) is 22.9 Å². The second-order valence-corrected chi connectivity index (χ2v) is 10.4. The number of aryl methyl sites for hydroxylation is 1. The van der Waals surface area contributed by atoms with Crippen molar-refractivity contribution in [3.63, 3.8) is 0 Å². The fourth-order valence-electron chi connectivity index (χ4n) is 4.36. The Kier molecular flexibility index (Phi) is 9.85. The lowest BCUT2D eigenvalue weighted by atomic mass is 9.96. The summed E-state index contributed by atoms with van der Waals surface area (Å²) in [5, 5.41) is 7.26. The molecule has 198 valence electrons. The van der Waals surface area contributed by atoms with E-state index in [1.54, 1.807) is 14.2 Å². The second kappa shape index (κ2) is 13.5. The van der Waals surface area contributed by atoms with Crippen molar-refractivity contribution in [3.05, 3.63) is 59.5 Å². The van der Waals surface area contributed by atoms with Gasteiger partial charge in [-0.2, -0.15) is 16.7 Å². The van der Waals surface area contributed by atoms with Gasteiger partial charge in [-0.25, -0.2) is 0 Å². The van der Waals surface area contributed by atoms with Crippen LogP contribution in [0.1, 0.15) is 36.3 Å². The summed E-state index contributed by atoms with van der Waals surface area (Å²) in [6, 6.07) is 14.2. The predicted octanol–water partition coefficient (Wildman–Crippen LogP) is 4.71. The maximum atomic E-state index is 12.6. The number of rotatable bonds is 12. The Bertz CT molecular complexity index is 1140. The van der Waals surface area contributed by atoms with Crippen LogP contribution in [0.25, 0.3) is 11.4 Å². The molecule has 0 bridgehead atoms.